The highest BCUT2D eigenvalue weighted by molar-refractivity contribution is 6.48. The lowest BCUT2D eigenvalue weighted by Gasteiger charge is -1.94. The van der Waals surface area contributed by atoms with E-state index in [9.17, 15) is 8.90 Å². The molecule has 0 heterocycles. The van der Waals surface area contributed by atoms with Gasteiger partial charge in [-0.05, 0) is 5.19 Å². The van der Waals surface area contributed by atoms with Crippen LogP contribution in [0.25, 0.3) is 0 Å². The van der Waals surface area contributed by atoms with Gasteiger partial charge in [-0.1, -0.05) is 24.3 Å². The number of rotatable bonds is 2. The quantitative estimate of drug-likeness (QED) is 0.337. The summed E-state index contributed by atoms with van der Waals surface area (Å²) in [6.07, 6.45) is 0.696. The van der Waals surface area contributed by atoms with Crippen LogP contribution >= 0.6 is 0 Å². The van der Waals surface area contributed by atoms with E-state index in [2.05, 4.69) is 0 Å². The zero-order chi connectivity index (χ0) is 7.40. The first-order chi connectivity index (χ1) is 4.88. The van der Waals surface area contributed by atoms with Gasteiger partial charge in [0.1, 0.15) is 6.29 Å². The molecule has 0 aliphatic heterocycles. The molecule has 0 N–H and O–H groups in total. The van der Waals surface area contributed by atoms with E-state index in [0.29, 0.717) is 17.0 Å². The predicted octanol–water partition coefficient (Wildman–Crippen LogP) is 0.178. The summed E-state index contributed by atoms with van der Waals surface area (Å²) in [5.41, 5.74) is 0.497. The third-order valence-electron chi connectivity index (χ3n) is 1.33. The Morgan fingerprint density at radius 3 is 2.60 bits per heavy atom. The lowest BCUT2D eigenvalue weighted by atomic mass is 10.2. The second-order valence-corrected chi connectivity index (χ2v) is 2.98. The maximum atomic E-state index is 12.2. The van der Waals surface area contributed by atoms with E-state index in [-0.39, 0.29) is 0 Å². The molecule has 0 bridgehead atoms. The van der Waals surface area contributed by atoms with Crippen molar-refractivity contribution in [2.45, 2.75) is 0 Å². The number of carbonyl (C=O) groups excluding carboxylic acids is 1. The van der Waals surface area contributed by atoms with Crippen LogP contribution in [0.4, 0.5) is 4.11 Å². The first-order valence-electron chi connectivity index (χ1n) is 2.97. The van der Waals surface area contributed by atoms with E-state index in [1.54, 1.807) is 24.3 Å². The zero-order valence-corrected chi connectivity index (χ0v) is 6.79. The van der Waals surface area contributed by atoms with Crippen LogP contribution in [0.2, 0.25) is 0 Å². The molecule has 1 nitrogen and oxygen atoms in total. The molecule has 0 amide bonds. The number of carbonyl (C=O) groups is 1. The van der Waals surface area contributed by atoms with Crippen molar-refractivity contribution < 1.29 is 8.90 Å². The Bertz CT molecular complexity index is 237. The Labute approximate surface area is 60.9 Å². The molecule has 1 rings (SSSR count). The van der Waals surface area contributed by atoms with Gasteiger partial charge in [0.05, 0.1) is 0 Å². The normalized spacial score (nSPS) is 10.5. The molecule has 10 heavy (non-hydrogen) atoms. The van der Waals surface area contributed by atoms with Crippen LogP contribution in [-0.2, 0) is 0 Å². The minimum atomic E-state index is -1.68. The van der Waals surface area contributed by atoms with Crippen LogP contribution in [-0.4, -0.2) is 16.1 Å². The summed E-state index contributed by atoms with van der Waals surface area (Å²) in [5.74, 6) is 0. The third-order valence-corrected chi connectivity index (χ3v) is 2.26. The van der Waals surface area contributed by atoms with Gasteiger partial charge >= 0.3 is 0 Å². The summed E-state index contributed by atoms with van der Waals surface area (Å²) in [5, 5.41) is 0.595. The Morgan fingerprint density at radius 1 is 1.40 bits per heavy atom. The molecule has 0 fully saturated rings. The molecule has 0 saturated heterocycles. The summed E-state index contributed by atoms with van der Waals surface area (Å²) < 4.78 is 12.2. The highest BCUT2D eigenvalue weighted by Crippen LogP contribution is 1.90. The number of aldehydes is 1. The van der Waals surface area contributed by atoms with Crippen LogP contribution in [0.5, 0.6) is 0 Å². The van der Waals surface area contributed by atoms with Crippen molar-refractivity contribution in [2.75, 3.05) is 0 Å². The Morgan fingerprint density at radius 2 is 2.10 bits per heavy atom. The van der Waals surface area contributed by atoms with Crippen molar-refractivity contribution in [3.05, 3.63) is 29.8 Å². The average Bonchev–Trinajstić information content (AvgIpc) is 2.04. The number of hydrogen-bond acceptors (Lipinski definition) is 1. The van der Waals surface area contributed by atoms with Crippen molar-refractivity contribution in [3.63, 3.8) is 0 Å². The van der Waals surface area contributed by atoms with Gasteiger partial charge in [-0.25, -0.2) is 0 Å². The highest BCUT2D eigenvalue weighted by atomic mass is 28.3. The average molecular weight is 154 g/mol. The first-order valence-corrected chi connectivity index (χ1v) is 4.21. The molecule has 1 aromatic carbocycles. The van der Waals surface area contributed by atoms with Gasteiger partial charge in [-0.3, -0.25) is 4.79 Å². The van der Waals surface area contributed by atoms with E-state index in [1.807, 2.05) is 0 Å². The fraction of sp³-hybridized carbons (Fsp3) is 0. The maximum Gasteiger partial charge on any atom is 0.248 e. The second kappa shape index (κ2) is 3.27. The number of halogens is 1. The highest BCUT2D eigenvalue weighted by Gasteiger charge is 1.97. The predicted molar refractivity (Wildman–Crippen MR) is 41.1 cm³/mol. The topological polar surface area (TPSA) is 17.1 Å². The SMILES string of the molecule is O=Cc1ccccc1[SiH2]F. The Balaban J connectivity index is 3.08. The largest absolute Gasteiger partial charge is 0.317 e. The lowest BCUT2D eigenvalue weighted by Crippen LogP contribution is -2.14. The molecular formula is C7H7FOSi. The maximum absolute atomic E-state index is 12.2. The van der Waals surface area contributed by atoms with Crippen LogP contribution in [0.1, 0.15) is 10.4 Å². The molecule has 0 atom stereocenters. The van der Waals surface area contributed by atoms with Gasteiger partial charge in [0.2, 0.25) is 9.85 Å². The van der Waals surface area contributed by atoms with E-state index in [1.165, 1.54) is 0 Å². The van der Waals surface area contributed by atoms with Gasteiger partial charge < -0.3 is 4.11 Å². The van der Waals surface area contributed by atoms with Crippen molar-refractivity contribution >= 4 is 21.3 Å². The zero-order valence-electron chi connectivity index (χ0n) is 5.38. The summed E-state index contributed by atoms with van der Waals surface area (Å²) in [6, 6.07) is 6.77. The summed E-state index contributed by atoms with van der Waals surface area (Å²) in [6.45, 7) is 0. The Hall–Kier alpha value is -0.963. The van der Waals surface area contributed by atoms with Crippen LogP contribution in [0.3, 0.4) is 0 Å². The van der Waals surface area contributed by atoms with Crippen LogP contribution < -0.4 is 5.19 Å². The van der Waals surface area contributed by atoms with Crippen LogP contribution in [0.15, 0.2) is 24.3 Å². The first kappa shape index (κ1) is 7.15. The fourth-order valence-corrected chi connectivity index (χ4v) is 1.35. The monoisotopic (exact) mass is 154 g/mol. The van der Waals surface area contributed by atoms with Gasteiger partial charge in [0, 0.05) is 5.56 Å². The van der Waals surface area contributed by atoms with Crippen LogP contribution in [0, 0.1) is 0 Å². The van der Waals surface area contributed by atoms with Crippen molar-refractivity contribution in [2.24, 2.45) is 0 Å². The molecule has 0 aromatic heterocycles. The second-order valence-electron chi connectivity index (χ2n) is 1.95. The van der Waals surface area contributed by atoms with Crippen molar-refractivity contribution in [1.82, 2.24) is 0 Å². The number of hydrogen-bond donors (Lipinski definition) is 0. The summed E-state index contributed by atoms with van der Waals surface area (Å²) in [7, 11) is -1.68. The van der Waals surface area contributed by atoms with E-state index in [4.69, 9.17) is 0 Å². The van der Waals surface area contributed by atoms with Crippen molar-refractivity contribution in [3.8, 4) is 0 Å². The van der Waals surface area contributed by atoms with E-state index >= 15 is 0 Å². The third kappa shape index (κ3) is 1.30. The van der Waals surface area contributed by atoms with Gasteiger partial charge in [-0.15, -0.1) is 0 Å². The van der Waals surface area contributed by atoms with E-state index < -0.39 is 9.85 Å². The van der Waals surface area contributed by atoms with Gasteiger partial charge in [0.25, 0.3) is 0 Å². The molecule has 0 aliphatic rings. The smallest absolute Gasteiger partial charge is 0.248 e. The molecule has 0 radical (unpaired) electrons. The molecule has 0 unspecified atom stereocenters. The Kier molecular flexibility index (Phi) is 2.34. The molecule has 0 aliphatic carbocycles. The minimum Gasteiger partial charge on any atom is -0.317 e. The number of benzene rings is 1. The molecule has 0 spiro atoms. The summed E-state index contributed by atoms with van der Waals surface area (Å²) >= 11 is 0. The fourth-order valence-electron chi connectivity index (χ4n) is 0.771. The van der Waals surface area contributed by atoms with E-state index in [0.717, 1.165) is 0 Å². The summed E-state index contributed by atoms with van der Waals surface area (Å²) in [4.78, 5) is 10.2. The molecule has 0 saturated carbocycles. The minimum absolute atomic E-state index is 0.497. The molecule has 3 heteroatoms. The molecule has 52 valence electrons. The molecule has 1 aromatic rings. The standard InChI is InChI=1S/C7H7FOSi/c8-10-7-4-2-1-3-6(7)5-9/h1-5H,10H2. The molecular weight excluding hydrogens is 147 g/mol. The van der Waals surface area contributed by atoms with Gasteiger partial charge in [-0.2, -0.15) is 0 Å². The lowest BCUT2D eigenvalue weighted by molar-refractivity contribution is 0.112. The van der Waals surface area contributed by atoms with Crippen molar-refractivity contribution in [1.29, 1.82) is 0 Å². The van der Waals surface area contributed by atoms with Gasteiger partial charge in [0.15, 0.2) is 0 Å².